The molecule has 1 aliphatic heterocycles. The second-order valence-corrected chi connectivity index (χ2v) is 5.30. The molecule has 114 valence electrons. The molecule has 6 heteroatoms. The molecule has 1 aromatic rings. The van der Waals surface area contributed by atoms with Crippen molar-refractivity contribution in [1.82, 2.24) is 5.32 Å². The van der Waals surface area contributed by atoms with Gasteiger partial charge in [0.05, 0.1) is 17.4 Å². The van der Waals surface area contributed by atoms with Crippen molar-refractivity contribution < 1.29 is 19.4 Å². The molecule has 1 aromatic carbocycles. The van der Waals surface area contributed by atoms with Gasteiger partial charge < -0.3 is 20.5 Å². The minimum absolute atomic E-state index is 0.0480. The monoisotopic (exact) mass is 292 g/mol. The Balaban J connectivity index is 2.03. The average molecular weight is 292 g/mol. The van der Waals surface area contributed by atoms with Crippen LogP contribution in [0.15, 0.2) is 18.2 Å². The highest BCUT2D eigenvalue weighted by atomic mass is 16.5. The highest BCUT2D eigenvalue weighted by Crippen LogP contribution is 2.20. The summed E-state index contributed by atoms with van der Waals surface area (Å²) < 4.78 is 5.42. The molecule has 0 radical (unpaired) electrons. The van der Waals surface area contributed by atoms with E-state index >= 15 is 0 Å². The van der Waals surface area contributed by atoms with Crippen molar-refractivity contribution in [2.24, 2.45) is 0 Å². The number of nitrogens with one attached hydrogen (secondary N) is 2. The highest BCUT2D eigenvalue weighted by molar-refractivity contribution is 6.01. The first-order valence-corrected chi connectivity index (χ1v) is 6.99. The summed E-state index contributed by atoms with van der Waals surface area (Å²) in [5.41, 5.74) is 1.04. The number of urea groups is 1. The van der Waals surface area contributed by atoms with Gasteiger partial charge in [-0.05, 0) is 38.3 Å². The van der Waals surface area contributed by atoms with Crippen LogP contribution in [0.2, 0.25) is 0 Å². The number of benzene rings is 1. The first-order valence-electron chi connectivity index (χ1n) is 6.99. The van der Waals surface area contributed by atoms with Crippen molar-refractivity contribution in [3.63, 3.8) is 0 Å². The van der Waals surface area contributed by atoms with E-state index in [9.17, 15) is 14.7 Å². The number of ether oxygens (including phenoxy) is 1. The molecule has 1 heterocycles. The lowest BCUT2D eigenvalue weighted by molar-refractivity contribution is 0.0157. The van der Waals surface area contributed by atoms with Crippen LogP contribution in [0.4, 0.5) is 10.5 Å². The minimum Gasteiger partial charge on any atom is -0.478 e. The summed E-state index contributed by atoms with van der Waals surface area (Å²) in [6.07, 6.45) is 1.64. The summed E-state index contributed by atoms with van der Waals surface area (Å²) in [6.45, 7) is 4.29. The van der Waals surface area contributed by atoms with Gasteiger partial charge in [0.1, 0.15) is 0 Å². The largest absolute Gasteiger partial charge is 0.478 e. The molecular formula is C15H20N2O4. The Bertz CT molecular complexity index is 544. The molecule has 0 saturated carbocycles. The van der Waals surface area contributed by atoms with E-state index in [2.05, 4.69) is 10.6 Å². The molecular weight excluding hydrogens is 272 g/mol. The Morgan fingerprint density at radius 1 is 1.38 bits per heavy atom. The summed E-state index contributed by atoms with van der Waals surface area (Å²) in [4.78, 5) is 23.3. The normalized spacial score (nSPS) is 21.6. The molecule has 21 heavy (non-hydrogen) atoms. The summed E-state index contributed by atoms with van der Waals surface area (Å²) >= 11 is 0. The van der Waals surface area contributed by atoms with Crippen LogP contribution in [-0.2, 0) is 4.74 Å². The van der Waals surface area contributed by atoms with Gasteiger partial charge >= 0.3 is 12.0 Å². The van der Waals surface area contributed by atoms with E-state index in [1.165, 1.54) is 0 Å². The third-order valence-electron chi connectivity index (χ3n) is 3.56. The minimum atomic E-state index is -1.05. The third-order valence-corrected chi connectivity index (χ3v) is 3.56. The zero-order chi connectivity index (χ0) is 15.4. The quantitative estimate of drug-likeness (QED) is 0.798. The van der Waals surface area contributed by atoms with Crippen molar-refractivity contribution in [3.05, 3.63) is 29.3 Å². The predicted octanol–water partition coefficient (Wildman–Crippen LogP) is 2.38. The number of hydrogen-bond acceptors (Lipinski definition) is 3. The first-order chi connectivity index (χ1) is 9.97. The smallest absolute Gasteiger partial charge is 0.338 e. The van der Waals surface area contributed by atoms with Gasteiger partial charge in [-0.25, -0.2) is 9.59 Å². The lowest BCUT2D eigenvalue weighted by Gasteiger charge is -2.28. The molecule has 1 fully saturated rings. The Morgan fingerprint density at radius 2 is 2.14 bits per heavy atom. The first kappa shape index (κ1) is 15.3. The molecule has 1 saturated heterocycles. The molecule has 1 aliphatic rings. The van der Waals surface area contributed by atoms with Crippen molar-refractivity contribution >= 4 is 17.7 Å². The van der Waals surface area contributed by atoms with E-state index in [-0.39, 0.29) is 23.7 Å². The van der Waals surface area contributed by atoms with Crippen LogP contribution in [0.5, 0.6) is 0 Å². The van der Waals surface area contributed by atoms with E-state index in [0.717, 1.165) is 12.8 Å². The third kappa shape index (κ3) is 3.95. The van der Waals surface area contributed by atoms with Crippen molar-refractivity contribution in [2.75, 3.05) is 11.9 Å². The Morgan fingerprint density at radius 3 is 2.81 bits per heavy atom. The van der Waals surface area contributed by atoms with Crippen LogP contribution in [-0.4, -0.2) is 35.9 Å². The van der Waals surface area contributed by atoms with Gasteiger partial charge in [-0.15, -0.1) is 0 Å². The number of aromatic carboxylic acids is 1. The summed E-state index contributed by atoms with van der Waals surface area (Å²) in [5.74, 6) is -1.05. The molecule has 2 amide bonds. The van der Waals surface area contributed by atoms with E-state index < -0.39 is 5.97 Å². The molecule has 0 bridgehead atoms. The fraction of sp³-hybridized carbons (Fsp3) is 0.467. The van der Waals surface area contributed by atoms with E-state index in [4.69, 9.17) is 4.74 Å². The van der Waals surface area contributed by atoms with Crippen LogP contribution in [0, 0.1) is 6.92 Å². The number of aryl methyl sites for hydroxylation is 1. The van der Waals surface area contributed by atoms with Crippen molar-refractivity contribution in [3.8, 4) is 0 Å². The molecule has 0 spiro atoms. The lowest BCUT2D eigenvalue weighted by atomic mass is 10.0. The number of amides is 2. The average Bonchev–Trinajstić information content (AvgIpc) is 2.37. The van der Waals surface area contributed by atoms with E-state index in [0.29, 0.717) is 17.9 Å². The van der Waals surface area contributed by atoms with Gasteiger partial charge in [-0.2, -0.15) is 0 Å². The molecule has 2 rings (SSSR count). The van der Waals surface area contributed by atoms with Crippen molar-refractivity contribution in [1.29, 1.82) is 0 Å². The molecule has 0 aromatic heterocycles. The number of carboxylic acids is 1. The zero-order valence-electron chi connectivity index (χ0n) is 12.2. The van der Waals surface area contributed by atoms with Gasteiger partial charge in [0.15, 0.2) is 0 Å². The fourth-order valence-electron chi connectivity index (χ4n) is 2.53. The van der Waals surface area contributed by atoms with Crippen LogP contribution in [0.3, 0.4) is 0 Å². The Hall–Kier alpha value is -2.08. The second kappa shape index (κ2) is 6.58. The fourth-order valence-corrected chi connectivity index (χ4v) is 2.53. The lowest BCUT2D eigenvalue weighted by Crippen LogP contribution is -2.43. The topological polar surface area (TPSA) is 87.7 Å². The maximum Gasteiger partial charge on any atom is 0.338 e. The summed E-state index contributed by atoms with van der Waals surface area (Å²) in [5, 5.41) is 14.7. The molecule has 6 nitrogen and oxygen atoms in total. The predicted molar refractivity (Wildman–Crippen MR) is 78.7 cm³/mol. The van der Waals surface area contributed by atoms with Crippen molar-refractivity contribution in [2.45, 2.75) is 38.8 Å². The second-order valence-electron chi connectivity index (χ2n) is 5.30. The maximum absolute atomic E-state index is 12.0. The SMILES string of the molecule is Cc1cccc(NC(=O)NC2CCOC(C)C2)c1C(=O)O. The molecule has 3 N–H and O–H groups in total. The van der Waals surface area contributed by atoms with Gasteiger partial charge in [0.2, 0.25) is 0 Å². The Labute approximate surface area is 123 Å². The van der Waals surface area contributed by atoms with Crippen LogP contribution in [0.1, 0.15) is 35.7 Å². The summed E-state index contributed by atoms with van der Waals surface area (Å²) in [7, 11) is 0. The van der Waals surface area contributed by atoms with Crippen LogP contribution in [0.25, 0.3) is 0 Å². The van der Waals surface area contributed by atoms with Gasteiger partial charge in [-0.3, -0.25) is 0 Å². The molecule has 2 atom stereocenters. The standard InChI is InChI=1S/C15H20N2O4/c1-9-4-3-5-12(13(9)14(18)19)17-15(20)16-11-6-7-21-10(2)8-11/h3-5,10-11H,6-8H2,1-2H3,(H,18,19)(H2,16,17,20). The number of hydrogen-bond donors (Lipinski definition) is 3. The molecule has 0 aliphatic carbocycles. The summed E-state index contributed by atoms with van der Waals surface area (Å²) in [6, 6.07) is 4.66. The number of carbonyl (C=O) groups excluding carboxylic acids is 1. The van der Waals surface area contributed by atoms with Gasteiger partial charge in [0, 0.05) is 12.6 Å². The van der Waals surface area contributed by atoms with Gasteiger partial charge in [0.25, 0.3) is 0 Å². The zero-order valence-corrected chi connectivity index (χ0v) is 12.2. The maximum atomic E-state index is 12.0. The number of carbonyl (C=O) groups is 2. The van der Waals surface area contributed by atoms with Crippen LogP contribution < -0.4 is 10.6 Å². The number of rotatable bonds is 3. The number of carboxylic acid groups (broad SMARTS) is 1. The van der Waals surface area contributed by atoms with E-state index in [1.54, 1.807) is 25.1 Å². The molecule has 2 unspecified atom stereocenters. The highest BCUT2D eigenvalue weighted by Gasteiger charge is 2.22. The van der Waals surface area contributed by atoms with Crippen LogP contribution >= 0.6 is 0 Å². The van der Waals surface area contributed by atoms with Gasteiger partial charge in [-0.1, -0.05) is 12.1 Å². The Kier molecular flexibility index (Phi) is 4.80. The number of anilines is 1. The van der Waals surface area contributed by atoms with E-state index in [1.807, 2.05) is 6.92 Å².